The fourth-order valence-corrected chi connectivity index (χ4v) is 3.83. The van der Waals surface area contributed by atoms with Gasteiger partial charge in [-0.1, -0.05) is 30.3 Å². The summed E-state index contributed by atoms with van der Waals surface area (Å²) in [5.41, 5.74) is 5.97. The maximum atomic E-state index is 9.24. The van der Waals surface area contributed by atoms with Gasteiger partial charge in [-0.15, -0.1) is 11.8 Å². The number of thioether (sulfide) groups is 1. The Kier molecular flexibility index (Phi) is 2.43. The molecule has 0 unspecified atom stereocenters. The van der Waals surface area contributed by atoms with Crippen LogP contribution >= 0.6 is 11.8 Å². The summed E-state index contributed by atoms with van der Waals surface area (Å²) >= 11 is 1.89. The van der Waals surface area contributed by atoms with Gasteiger partial charge < -0.3 is 10.1 Å². The number of benzene rings is 2. The van der Waals surface area contributed by atoms with Crippen molar-refractivity contribution in [2.75, 3.05) is 0 Å². The zero-order chi connectivity index (χ0) is 12.8. The van der Waals surface area contributed by atoms with Crippen molar-refractivity contribution in [3.05, 3.63) is 53.6 Å². The van der Waals surface area contributed by atoms with Gasteiger partial charge in [-0.05, 0) is 23.3 Å². The number of aromatic amines is 1. The summed E-state index contributed by atoms with van der Waals surface area (Å²) in [6.45, 7) is 0.0883. The van der Waals surface area contributed by atoms with Crippen LogP contribution in [0.5, 0.6) is 0 Å². The zero-order valence-electron chi connectivity index (χ0n) is 10.3. The maximum absolute atomic E-state index is 9.24. The van der Waals surface area contributed by atoms with Crippen molar-refractivity contribution in [2.24, 2.45) is 0 Å². The quantitative estimate of drug-likeness (QED) is 0.700. The molecule has 2 N–H and O–H groups in total. The number of fused-ring (bicyclic) bond motifs is 5. The third kappa shape index (κ3) is 1.62. The molecule has 0 amide bonds. The van der Waals surface area contributed by atoms with E-state index in [2.05, 4.69) is 35.3 Å². The SMILES string of the molecule is OCc1ccc2c3c([nH]c2c1)-c1ccccc1SC3. The Hall–Kier alpha value is -1.71. The van der Waals surface area contributed by atoms with Gasteiger partial charge >= 0.3 is 0 Å². The number of aromatic nitrogens is 1. The fraction of sp³-hybridized carbons (Fsp3) is 0.125. The van der Waals surface area contributed by atoms with E-state index < -0.39 is 0 Å². The average Bonchev–Trinajstić information content (AvgIpc) is 2.85. The maximum Gasteiger partial charge on any atom is 0.0682 e. The molecule has 0 atom stereocenters. The van der Waals surface area contributed by atoms with E-state index in [0.29, 0.717) is 0 Å². The van der Waals surface area contributed by atoms with Crippen LogP contribution in [0.3, 0.4) is 0 Å². The Labute approximate surface area is 115 Å². The third-order valence-corrected chi connectivity index (χ3v) is 4.78. The molecular formula is C16H13NOS. The predicted molar refractivity (Wildman–Crippen MR) is 79.2 cm³/mol. The molecule has 1 aliphatic rings. The molecule has 1 aromatic heterocycles. The molecule has 0 spiro atoms. The van der Waals surface area contributed by atoms with Crippen LogP contribution in [-0.4, -0.2) is 10.1 Å². The fourth-order valence-electron chi connectivity index (χ4n) is 2.73. The van der Waals surface area contributed by atoms with E-state index in [1.165, 1.54) is 27.1 Å². The first-order valence-electron chi connectivity index (χ1n) is 6.33. The average molecular weight is 267 g/mol. The Bertz CT molecular complexity index is 776. The van der Waals surface area contributed by atoms with Gasteiger partial charge in [0.2, 0.25) is 0 Å². The highest BCUT2D eigenvalue weighted by Crippen LogP contribution is 2.43. The molecule has 94 valence electrons. The van der Waals surface area contributed by atoms with Gasteiger partial charge in [0.1, 0.15) is 0 Å². The summed E-state index contributed by atoms with van der Waals surface area (Å²) in [5.74, 6) is 1.00. The highest BCUT2D eigenvalue weighted by Gasteiger charge is 2.20. The highest BCUT2D eigenvalue weighted by molar-refractivity contribution is 7.98. The van der Waals surface area contributed by atoms with E-state index in [4.69, 9.17) is 0 Å². The van der Waals surface area contributed by atoms with E-state index in [-0.39, 0.29) is 6.61 Å². The second-order valence-corrected chi connectivity index (χ2v) is 5.82. The molecule has 0 aliphatic carbocycles. The molecule has 1 aliphatic heterocycles. The van der Waals surface area contributed by atoms with Crippen LogP contribution in [0.2, 0.25) is 0 Å². The van der Waals surface area contributed by atoms with E-state index in [1.54, 1.807) is 0 Å². The summed E-state index contributed by atoms with van der Waals surface area (Å²) < 4.78 is 0. The summed E-state index contributed by atoms with van der Waals surface area (Å²) in [6, 6.07) is 14.7. The number of H-pyrrole nitrogens is 1. The third-order valence-electron chi connectivity index (χ3n) is 3.68. The predicted octanol–water partition coefficient (Wildman–Crippen LogP) is 3.93. The van der Waals surface area contributed by atoms with E-state index >= 15 is 0 Å². The first-order chi connectivity index (χ1) is 9.36. The van der Waals surface area contributed by atoms with E-state index in [0.717, 1.165) is 16.8 Å². The smallest absolute Gasteiger partial charge is 0.0682 e. The van der Waals surface area contributed by atoms with Crippen LogP contribution in [-0.2, 0) is 12.4 Å². The standard InChI is InChI=1S/C16H13NOS/c18-8-10-5-6-11-13-9-19-15-4-2-1-3-12(15)16(13)17-14(11)7-10/h1-7,17-18H,8-9H2. The van der Waals surface area contributed by atoms with Gasteiger partial charge in [-0.3, -0.25) is 0 Å². The van der Waals surface area contributed by atoms with Gasteiger partial charge in [0.05, 0.1) is 12.3 Å². The summed E-state index contributed by atoms with van der Waals surface area (Å²) in [7, 11) is 0. The number of rotatable bonds is 1. The first-order valence-corrected chi connectivity index (χ1v) is 7.32. The minimum atomic E-state index is 0.0883. The number of hydrogen-bond donors (Lipinski definition) is 2. The van der Waals surface area contributed by atoms with Gasteiger partial charge in [-0.2, -0.15) is 0 Å². The molecule has 2 nitrogen and oxygen atoms in total. The van der Waals surface area contributed by atoms with E-state index in [9.17, 15) is 5.11 Å². The normalized spacial score (nSPS) is 13.3. The molecule has 19 heavy (non-hydrogen) atoms. The lowest BCUT2D eigenvalue weighted by molar-refractivity contribution is 0.282. The Morgan fingerprint density at radius 2 is 2.05 bits per heavy atom. The zero-order valence-corrected chi connectivity index (χ0v) is 11.1. The second kappa shape index (κ2) is 4.15. The molecular weight excluding hydrogens is 254 g/mol. The molecule has 0 saturated carbocycles. The lowest BCUT2D eigenvalue weighted by Crippen LogP contribution is -1.93. The van der Waals surface area contributed by atoms with Crippen LogP contribution in [0.1, 0.15) is 11.1 Å². The van der Waals surface area contributed by atoms with Crippen molar-refractivity contribution in [1.82, 2.24) is 4.98 Å². The molecule has 2 heterocycles. The summed E-state index contributed by atoms with van der Waals surface area (Å²) in [5, 5.41) is 10.5. The molecule has 0 radical (unpaired) electrons. The van der Waals surface area contributed by atoms with Crippen molar-refractivity contribution in [2.45, 2.75) is 17.3 Å². The van der Waals surface area contributed by atoms with Crippen LogP contribution in [0.25, 0.3) is 22.2 Å². The molecule has 3 heteroatoms. The van der Waals surface area contributed by atoms with E-state index in [1.807, 2.05) is 23.9 Å². The van der Waals surface area contributed by atoms with Gasteiger partial charge in [-0.25, -0.2) is 0 Å². The lowest BCUT2D eigenvalue weighted by atomic mass is 10.1. The van der Waals surface area contributed by atoms with Crippen molar-refractivity contribution >= 4 is 22.7 Å². The Balaban J connectivity index is 2.01. The van der Waals surface area contributed by atoms with Crippen molar-refractivity contribution < 1.29 is 5.11 Å². The monoisotopic (exact) mass is 267 g/mol. The number of hydrogen-bond acceptors (Lipinski definition) is 2. The lowest BCUT2D eigenvalue weighted by Gasteiger charge is -2.15. The molecule has 4 rings (SSSR count). The first kappa shape index (κ1) is 11.1. The van der Waals surface area contributed by atoms with Crippen molar-refractivity contribution in [1.29, 1.82) is 0 Å². The number of aliphatic hydroxyl groups is 1. The summed E-state index contributed by atoms with van der Waals surface area (Å²) in [6.07, 6.45) is 0. The molecule has 0 fully saturated rings. The Morgan fingerprint density at radius 3 is 2.95 bits per heavy atom. The van der Waals surface area contributed by atoms with Crippen LogP contribution < -0.4 is 0 Å². The minimum Gasteiger partial charge on any atom is -0.392 e. The minimum absolute atomic E-state index is 0.0883. The topological polar surface area (TPSA) is 36.0 Å². The Morgan fingerprint density at radius 1 is 1.16 bits per heavy atom. The molecule has 2 aromatic carbocycles. The van der Waals surface area contributed by atoms with Gasteiger partial charge in [0.25, 0.3) is 0 Å². The number of nitrogens with one attached hydrogen (secondary N) is 1. The van der Waals surface area contributed by atoms with Gasteiger partial charge in [0, 0.05) is 27.1 Å². The van der Waals surface area contributed by atoms with Gasteiger partial charge in [0.15, 0.2) is 0 Å². The molecule has 3 aromatic rings. The van der Waals surface area contributed by atoms with Crippen LogP contribution in [0.15, 0.2) is 47.4 Å². The van der Waals surface area contributed by atoms with Crippen molar-refractivity contribution in [3.63, 3.8) is 0 Å². The van der Waals surface area contributed by atoms with Crippen LogP contribution in [0, 0.1) is 0 Å². The van der Waals surface area contributed by atoms with Crippen molar-refractivity contribution in [3.8, 4) is 11.3 Å². The highest BCUT2D eigenvalue weighted by atomic mass is 32.2. The molecule has 0 bridgehead atoms. The number of aliphatic hydroxyl groups excluding tert-OH is 1. The second-order valence-electron chi connectivity index (χ2n) is 4.80. The van der Waals surface area contributed by atoms with Crippen LogP contribution in [0.4, 0.5) is 0 Å². The molecule has 0 saturated heterocycles. The summed E-state index contributed by atoms with van der Waals surface area (Å²) in [4.78, 5) is 4.86. The largest absolute Gasteiger partial charge is 0.392 e.